The first-order valence-corrected chi connectivity index (χ1v) is 9.66. The van der Waals surface area contributed by atoms with Crippen LogP contribution >= 0.6 is 11.8 Å². The molecule has 2 saturated carbocycles. The Balaban J connectivity index is 1.80. The number of hydrogen-bond donors (Lipinski definition) is 1. The van der Waals surface area contributed by atoms with Crippen LogP contribution in [0.5, 0.6) is 0 Å². The van der Waals surface area contributed by atoms with E-state index in [1.54, 1.807) is 0 Å². The molecule has 0 aliphatic heterocycles. The van der Waals surface area contributed by atoms with Crippen molar-refractivity contribution >= 4 is 11.8 Å². The highest BCUT2D eigenvalue weighted by Gasteiger charge is 2.32. The third-order valence-electron chi connectivity index (χ3n) is 5.57. The maximum Gasteiger partial charge on any atom is 0.0281 e. The fourth-order valence-corrected chi connectivity index (χ4v) is 4.92. The fourth-order valence-electron chi connectivity index (χ4n) is 4.00. The van der Waals surface area contributed by atoms with E-state index >= 15 is 0 Å². The summed E-state index contributed by atoms with van der Waals surface area (Å²) in [5.74, 6) is 1.83. The van der Waals surface area contributed by atoms with Gasteiger partial charge in [-0.2, -0.15) is 11.8 Å². The van der Waals surface area contributed by atoms with Gasteiger partial charge in [0.25, 0.3) is 0 Å². The van der Waals surface area contributed by atoms with Gasteiger partial charge in [-0.25, -0.2) is 0 Å². The summed E-state index contributed by atoms with van der Waals surface area (Å²) in [6, 6.07) is 0.798. The molecular formula is C17H33NS. The lowest BCUT2D eigenvalue weighted by Gasteiger charge is -2.39. The summed E-state index contributed by atoms with van der Waals surface area (Å²) in [5, 5.41) is 3.95. The van der Waals surface area contributed by atoms with Crippen LogP contribution in [0.4, 0.5) is 0 Å². The van der Waals surface area contributed by atoms with E-state index in [0.717, 1.165) is 17.9 Å². The lowest BCUT2D eigenvalue weighted by atomic mass is 9.79. The minimum Gasteiger partial charge on any atom is -0.313 e. The number of thioether (sulfide) groups is 1. The van der Waals surface area contributed by atoms with Crippen LogP contribution < -0.4 is 5.32 Å². The van der Waals surface area contributed by atoms with Crippen molar-refractivity contribution in [3.8, 4) is 0 Å². The Kier molecular flexibility index (Phi) is 6.08. The molecular weight excluding hydrogens is 250 g/mol. The summed E-state index contributed by atoms with van der Waals surface area (Å²) in [6.45, 7) is 6.05. The summed E-state index contributed by atoms with van der Waals surface area (Å²) < 4.78 is 0.559. The van der Waals surface area contributed by atoms with Crippen LogP contribution in [0.2, 0.25) is 0 Å². The Morgan fingerprint density at radius 1 is 1.11 bits per heavy atom. The van der Waals surface area contributed by atoms with Crippen LogP contribution in [-0.2, 0) is 0 Å². The lowest BCUT2D eigenvalue weighted by molar-refractivity contribution is 0.224. The smallest absolute Gasteiger partial charge is 0.0281 e. The molecule has 0 saturated heterocycles. The first kappa shape index (κ1) is 15.7. The third kappa shape index (κ3) is 4.39. The lowest BCUT2D eigenvalue weighted by Crippen LogP contribution is -2.45. The third-order valence-corrected chi connectivity index (χ3v) is 6.99. The van der Waals surface area contributed by atoms with Crippen LogP contribution in [0.15, 0.2) is 0 Å². The topological polar surface area (TPSA) is 12.0 Å². The van der Waals surface area contributed by atoms with E-state index in [4.69, 9.17) is 0 Å². The Labute approximate surface area is 124 Å². The van der Waals surface area contributed by atoms with Gasteiger partial charge in [-0.3, -0.25) is 0 Å². The van der Waals surface area contributed by atoms with Gasteiger partial charge in [0.2, 0.25) is 0 Å². The highest BCUT2D eigenvalue weighted by molar-refractivity contribution is 8.00. The van der Waals surface area contributed by atoms with Crippen molar-refractivity contribution in [2.75, 3.05) is 12.8 Å². The summed E-state index contributed by atoms with van der Waals surface area (Å²) in [6.07, 6.45) is 15.3. The summed E-state index contributed by atoms with van der Waals surface area (Å²) in [5.41, 5.74) is 0. The Hall–Kier alpha value is 0.310. The molecule has 0 aromatic carbocycles. The zero-order chi connectivity index (χ0) is 13.7. The molecule has 2 atom stereocenters. The van der Waals surface area contributed by atoms with Crippen molar-refractivity contribution in [2.24, 2.45) is 11.8 Å². The maximum absolute atomic E-state index is 3.95. The van der Waals surface area contributed by atoms with Crippen LogP contribution in [0.1, 0.15) is 71.6 Å². The van der Waals surface area contributed by atoms with Crippen molar-refractivity contribution in [1.29, 1.82) is 0 Å². The van der Waals surface area contributed by atoms with E-state index in [1.807, 2.05) is 0 Å². The zero-order valence-corrected chi connectivity index (χ0v) is 14.0. The minimum absolute atomic E-state index is 0.559. The van der Waals surface area contributed by atoms with E-state index in [0.29, 0.717) is 4.75 Å². The zero-order valence-electron chi connectivity index (χ0n) is 13.2. The summed E-state index contributed by atoms with van der Waals surface area (Å²) >= 11 is 2.13. The molecule has 0 aromatic heterocycles. The molecule has 0 aromatic rings. The Morgan fingerprint density at radius 2 is 1.84 bits per heavy atom. The second kappa shape index (κ2) is 7.36. The maximum atomic E-state index is 3.95. The highest BCUT2D eigenvalue weighted by atomic mass is 32.2. The molecule has 2 rings (SSSR count). The number of nitrogens with one attached hydrogen (secondary N) is 1. The Morgan fingerprint density at radius 3 is 2.47 bits per heavy atom. The highest BCUT2D eigenvalue weighted by Crippen LogP contribution is 2.38. The van der Waals surface area contributed by atoms with Crippen molar-refractivity contribution in [3.63, 3.8) is 0 Å². The molecule has 0 bridgehead atoms. The van der Waals surface area contributed by atoms with E-state index in [9.17, 15) is 0 Å². The van der Waals surface area contributed by atoms with Gasteiger partial charge in [0.05, 0.1) is 0 Å². The van der Waals surface area contributed by atoms with Gasteiger partial charge in [0, 0.05) is 17.3 Å². The van der Waals surface area contributed by atoms with Gasteiger partial charge >= 0.3 is 0 Å². The van der Waals surface area contributed by atoms with Gasteiger partial charge in [0.15, 0.2) is 0 Å². The van der Waals surface area contributed by atoms with Crippen molar-refractivity contribution < 1.29 is 0 Å². The molecule has 0 amide bonds. The molecule has 19 heavy (non-hydrogen) atoms. The quantitative estimate of drug-likeness (QED) is 0.773. The van der Waals surface area contributed by atoms with Gasteiger partial charge in [-0.05, 0) is 43.8 Å². The summed E-state index contributed by atoms with van der Waals surface area (Å²) in [4.78, 5) is 0. The van der Waals surface area contributed by atoms with E-state index < -0.39 is 0 Å². The molecule has 2 aliphatic rings. The largest absolute Gasteiger partial charge is 0.313 e. The van der Waals surface area contributed by atoms with Crippen molar-refractivity contribution in [2.45, 2.75) is 82.4 Å². The van der Waals surface area contributed by atoms with E-state index in [2.05, 4.69) is 37.2 Å². The second-order valence-electron chi connectivity index (χ2n) is 7.20. The van der Waals surface area contributed by atoms with E-state index in [-0.39, 0.29) is 0 Å². The van der Waals surface area contributed by atoms with Crippen molar-refractivity contribution in [1.82, 2.24) is 5.32 Å². The molecule has 0 heterocycles. The fraction of sp³-hybridized carbons (Fsp3) is 1.00. The number of rotatable bonds is 5. The molecule has 112 valence electrons. The second-order valence-corrected chi connectivity index (χ2v) is 8.47. The van der Waals surface area contributed by atoms with Crippen LogP contribution in [0, 0.1) is 11.8 Å². The first-order chi connectivity index (χ1) is 9.15. The average Bonchev–Trinajstić information content (AvgIpc) is 2.46. The van der Waals surface area contributed by atoms with Crippen LogP contribution in [-0.4, -0.2) is 23.6 Å². The van der Waals surface area contributed by atoms with Crippen LogP contribution in [0.3, 0.4) is 0 Å². The normalized spacial score (nSPS) is 31.6. The predicted octanol–water partition coefficient (Wildman–Crippen LogP) is 4.86. The molecule has 1 nitrogen and oxygen atoms in total. The van der Waals surface area contributed by atoms with Gasteiger partial charge in [0.1, 0.15) is 0 Å². The first-order valence-electron chi connectivity index (χ1n) is 8.44. The molecule has 2 aliphatic carbocycles. The molecule has 2 unspecified atom stereocenters. The van der Waals surface area contributed by atoms with Crippen LogP contribution in [0.25, 0.3) is 0 Å². The predicted molar refractivity (Wildman–Crippen MR) is 87.9 cm³/mol. The molecule has 0 spiro atoms. The number of hydrogen-bond acceptors (Lipinski definition) is 2. The molecule has 0 radical (unpaired) electrons. The monoisotopic (exact) mass is 283 g/mol. The molecule has 2 heteroatoms. The SMILES string of the molecule is CSC1(CNC2CCCC(C(C)C)C2)CCCCC1. The average molecular weight is 284 g/mol. The van der Waals surface area contributed by atoms with E-state index in [1.165, 1.54) is 64.3 Å². The summed E-state index contributed by atoms with van der Waals surface area (Å²) in [7, 11) is 0. The van der Waals surface area contributed by atoms with Crippen molar-refractivity contribution in [3.05, 3.63) is 0 Å². The standard InChI is InChI=1S/C17H33NS/c1-14(2)15-8-7-9-16(12-15)18-13-17(19-3)10-5-4-6-11-17/h14-16,18H,4-13H2,1-3H3. The van der Waals surface area contributed by atoms with Gasteiger partial charge in [-0.15, -0.1) is 0 Å². The molecule has 2 fully saturated rings. The molecule has 1 N–H and O–H groups in total. The van der Waals surface area contributed by atoms with Gasteiger partial charge in [-0.1, -0.05) is 46.0 Å². The van der Waals surface area contributed by atoms with Gasteiger partial charge < -0.3 is 5.32 Å². The Bertz CT molecular complexity index is 258. The minimum atomic E-state index is 0.559.